The van der Waals surface area contributed by atoms with Gasteiger partial charge in [0.15, 0.2) is 5.78 Å². The molecule has 0 aliphatic rings. The van der Waals surface area contributed by atoms with Gasteiger partial charge in [0.25, 0.3) is 0 Å². The van der Waals surface area contributed by atoms with Gasteiger partial charge in [-0.1, -0.05) is 0 Å². The van der Waals surface area contributed by atoms with Crippen molar-refractivity contribution in [3.8, 4) is 17.0 Å². The van der Waals surface area contributed by atoms with Gasteiger partial charge in [-0.05, 0) is 31.2 Å². The van der Waals surface area contributed by atoms with Crippen LogP contribution in [-0.2, 0) is 0 Å². The monoisotopic (exact) mass is 202 g/mol. The lowest BCUT2D eigenvalue weighted by Crippen LogP contribution is -1.92. The van der Waals surface area contributed by atoms with Crippen molar-refractivity contribution in [3.05, 3.63) is 36.0 Å². The summed E-state index contributed by atoms with van der Waals surface area (Å²) >= 11 is 0. The predicted octanol–water partition coefficient (Wildman–Crippen LogP) is 1.98. The zero-order valence-electron chi connectivity index (χ0n) is 8.19. The molecule has 0 saturated carbocycles. The van der Waals surface area contributed by atoms with E-state index in [-0.39, 0.29) is 11.5 Å². The standard InChI is InChI=1S/C11H10N2O2/c1-7(14)10-6-12-13-11(10)8-2-4-9(15)5-3-8/h2-6,15H,1H3,(H,12,13). The molecule has 1 heterocycles. The third-order valence-electron chi connectivity index (χ3n) is 2.17. The Morgan fingerprint density at radius 1 is 1.33 bits per heavy atom. The van der Waals surface area contributed by atoms with Crippen LogP contribution < -0.4 is 0 Å². The molecule has 0 amide bonds. The molecule has 4 heteroatoms. The van der Waals surface area contributed by atoms with Crippen molar-refractivity contribution in [1.82, 2.24) is 10.2 Å². The van der Waals surface area contributed by atoms with E-state index in [9.17, 15) is 4.79 Å². The Balaban J connectivity index is 2.49. The fourth-order valence-electron chi connectivity index (χ4n) is 1.40. The van der Waals surface area contributed by atoms with Crippen molar-refractivity contribution in [2.45, 2.75) is 6.92 Å². The lowest BCUT2D eigenvalue weighted by molar-refractivity contribution is 0.101. The molecule has 0 unspecified atom stereocenters. The molecule has 0 atom stereocenters. The number of aromatic hydroxyl groups is 1. The van der Waals surface area contributed by atoms with Gasteiger partial charge in [0.1, 0.15) is 5.75 Å². The number of aromatic nitrogens is 2. The number of hydrogen-bond acceptors (Lipinski definition) is 3. The van der Waals surface area contributed by atoms with Gasteiger partial charge in [-0.25, -0.2) is 0 Å². The number of phenols is 1. The molecule has 15 heavy (non-hydrogen) atoms. The van der Waals surface area contributed by atoms with E-state index in [4.69, 9.17) is 5.11 Å². The third kappa shape index (κ3) is 1.74. The van der Waals surface area contributed by atoms with E-state index in [2.05, 4.69) is 10.2 Å². The minimum absolute atomic E-state index is 0.0353. The molecule has 0 fully saturated rings. The van der Waals surface area contributed by atoms with Crippen LogP contribution in [0.2, 0.25) is 0 Å². The molecular formula is C11H10N2O2. The summed E-state index contributed by atoms with van der Waals surface area (Å²) in [7, 11) is 0. The van der Waals surface area contributed by atoms with Gasteiger partial charge in [-0.3, -0.25) is 9.89 Å². The number of ketones is 1. The maximum absolute atomic E-state index is 11.3. The molecule has 0 bridgehead atoms. The molecule has 76 valence electrons. The second-order valence-corrected chi connectivity index (χ2v) is 3.26. The van der Waals surface area contributed by atoms with Crippen LogP contribution in [-0.4, -0.2) is 21.1 Å². The van der Waals surface area contributed by atoms with E-state index in [1.807, 2.05) is 0 Å². The van der Waals surface area contributed by atoms with Crippen LogP contribution in [0.1, 0.15) is 17.3 Å². The van der Waals surface area contributed by atoms with Gasteiger partial charge in [-0.15, -0.1) is 0 Å². The highest BCUT2D eigenvalue weighted by molar-refractivity contribution is 5.99. The van der Waals surface area contributed by atoms with Gasteiger partial charge in [0.2, 0.25) is 0 Å². The quantitative estimate of drug-likeness (QED) is 0.732. The van der Waals surface area contributed by atoms with Gasteiger partial charge >= 0.3 is 0 Å². The summed E-state index contributed by atoms with van der Waals surface area (Å²) in [5.41, 5.74) is 2.07. The fraction of sp³-hybridized carbons (Fsp3) is 0.0909. The van der Waals surface area contributed by atoms with E-state index >= 15 is 0 Å². The number of hydrogen-bond donors (Lipinski definition) is 2. The Morgan fingerprint density at radius 3 is 2.60 bits per heavy atom. The van der Waals surface area contributed by atoms with Crippen molar-refractivity contribution in [2.75, 3.05) is 0 Å². The first-order valence-electron chi connectivity index (χ1n) is 4.52. The van der Waals surface area contributed by atoms with Crippen molar-refractivity contribution >= 4 is 5.78 Å². The Hall–Kier alpha value is -2.10. The van der Waals surface area contributed by atoms with Crippen LogP contribution in [0.15, 0.2) is 30.5 Å². The van der Waals surface area contributed by atoms with E-state index in [0.717, 1.165) is 5.56 Å². The van der Waals surface area contributed by atoms with E-state index < -0.39 is 0 Å². The highest BCUT2D eigenvalue weighted by Gasteiger charge is 2.10. The zero-order valence-corrected chi connectivity index (χ0v) is 8.19. The van der Waals surface area contributed by atoms with Crippen molar-refractivity contribution in [3.63, 3.8) is 0 Å². The van der Waals surface area contributed by atoms with Crippen LogP contribution in [0.4, 0.5) is 0 Å². The number of aromatic amines is 1. The summed E-state index contributed by atoms with van der Waals surface area (Å²) in [5.74, 6) is 0.162. The summed E-state index contributed by atoms with van der Waals surface area (Å²) < 4.78 is 0. The molecular weight excluding hydrogens is 192 g/mol. The average molecular weight is 202 g/mol. The number of nitrogens with zero attached hydrogens (tertiary/aromatic N) is 1. The molecule has 0 spiro atoms. The van der Waals surface area contributed by atoms with Gasteiger partial charge in [-0.2, -0.15) is 5.10 Å². The molecule has 0 aliphatic heterocycles. The van der Waals surface area contributed by atoms with Gasteiger partial charge in [0, 0.05) is 5.56 Å². The topological polar surface area (TPSA) is 66.0 Å². The second-order valence-electron chi connectivity index (χ2n) is 3.26. The zero-order chi connectivity index (χ0) is 10.8. The Labute approximate surface area is 86.6 Å². The highest BCUT2D eigenvalue weighted by Crippen LogP contribution is 2.23. The Morgan fingerprint density at radius 2 is 2.00 bits per heavy atom. The molecule has 0 radical (unpaired) electrons. The summed E-state index contributed by atoms with van der Waals surface area (Å²) in [6, 6.07) is 6.60. The number of rotatable bonds is 2. The summed E-state index contributed by atoms with van der Waals surface area (Å²) in [6.07, 6.45) is 1.50. The summed E-state index contributed by atoms with van der Waals surface area (Å²) in [5, 5.41) is 15.7. The van der Waals surface area contributed by atoms with Gasteiger partial charge < -0.3 is 5.11 Å². The van der Waals surface area contributed by atoms with Crippen LogP contribution in [0.25, 0.3) is 11.3 Å². The molecule has 1 aromatic heterocycles. The first-order valence-corrected chi connectivity index (χ1v) is 4.52. The minimum Gasteiger partial charge on any atom is -0.508 e. The van der Waals surface area contributed by atoms with Crippen LogP contribution in [0, 0.1) is 0 Å². The van der Waals surface area contributed by atoms with Crippen LogP contribution in [0.5, 0.6) is 5.75 Å². The van der Waals surface area contributed by atoms with E-state index in [1.165, 1.54) is 13.1 Å². The van der Waals surface area contributed by atoms with Crippen molar-refractivity contribution in [2.24, 2.45) is 0 Å². The average Bonchev–Trinajstić information content (AvgIpc) is 2.67. The SMILES string of the molecule is CC(=O)c1cn[nH]c1-c1ccc(O)cc1. The number of nitrogens with one attached hydrogen (secondary N) is 1. The number of benzene rings is 1. The first kappa shape index (κ1) is 9.45. The molecule has 4 nitrogen and oxygen atoms in total. The third-order valence-corrected chi connectivity index (χ3v) is 2.17. The minimum atomic E-state index is -0.0353. The highest BCUT2D eigenvalue weighted by atomic mass is 16.3. The van der Waals surface area contributed by atoms with E-state index in [1.54, 1.807) is 24.3 Å². The number of carbonyl (C=O) groups is 1. The smallest absolute Gasteiger partial charge is 0.163 e. The molecule has 2 aromatic rings. The van der Waals surface area contributed by atoms with Crippen molar-refractivity contribution < 1.29 is 9.90 Å². The van der Waals surface area contributed by atoms with Crippen LogP contribution in [0.3, 0.4) is 0 Å². The maximum atomic E-state index is 11.3. The predicted molar refractivity (Wildman–Crippen MR) is 55.7 cm³/mol. The normalized spacial score (nSPS) is 10.2. The summed E-state index contributed by atoms with van der Waals surface area (Å²) in [4.78, 5) is 11.3. The first-order chi connectivity index (χ1) is 7.18. The Bertz CT molecular complexity index is 486. The molecule has 0 aliphatic carbocycles. The fourth-order valence-corrected chi connectivity index (χ4v) is 1.40. The van der Waals surface area contributed by atoms with Crippen LogP contribution >= 0.6 is 0 Å². The van der Waals surface area contributed by atoms with Crippen molar-refractivity contribution in [1.29, 1.82) is 0 Å². The Kier molecular flexibility index (Phi) is 2.25. The molecule has 2 N–H and O–H groups in total. The maximum Gasteiger partial charge on any atom is 0.163 e. The summed E-state index contributed by atoms with van der Waals surface area (Å²) in [6.45, 7) is 1.49. The lowest BCUT2D eigenvalue weighted by atomic mass is 10.1. The number of H-pyrrole nitrogens is 1. The molecule has 1 aromatic carbocycles. The molecule has 2 rings (SSSR count). The van der Waals surface area contributed by atoms with Gasteiger partial charge in [0.05, 0.1) is 17.5 Å². The number of phenolic OH excluding ortho intramolecular Hbond substituents is 1. The van der Waals surface area contributed by atoms with E-state index in [0.29, 0.717) is 11.3 Å². The molecule has 0 saturated heterocycles. The number of carbonyl (C=O) groups excluding carboxylic acids is 1. The second kappa shape index (κ2) is 3.57. The largest absolute Gasteiger partial charge is 0.508 e. The number of Topliss-reactive ketones (excluding diaryl/α,β-unsaturated/α-hetero) is 1. The lowest BCUT2D eigenvalue weighted by Gasteiger charge is -2.00.